The standard InChI is InChI=1S/C11H19F3N2O/c1-7(2)4-9-10(17)16(6-15-9)8(3)5-11(12,13)14/h7-9,15H,4-6H2,1-3H3. The highest BCUT2D eigenvalue weighted by Crippen LogP contribution is 2.25. The average Bonchev–Trinajstić information content (AvgIpc) is 2.44. The van der Waals surface area contributed by atoms with Crippen molar-refractivity contribution in [2.45, 2.75) is 51.9 Å². The van der Waals surface area contributed by atoms with E-state index in [9.17, 15) is 18.0 Å². The fraction of sp³-hybridized carbons (Fsp3) is 0.909. The highest BCUT2D eigenvalue weighted by molar-refractivity contribution is 5.84. The highest BCUT2D eigenvalue weighted by atomic mass is 19.4. The lowest BCUT2D eigenvalue weighted by Gasteiger charge is -2.24. The number of carbonyl (C=O) groups excluding carboxylic acids is 1. The Labute approximate surface area is 99.4 Å². The summed E-state index contributed by atoms with van der Waals surface area (Å²) in [6.07, 6.45) is -4.52. The summed E-state index contributed by atoms with van der Waals surface area (Å²) in [6.45, 7) is 5.62. The van der Waals surface area contributed by atoms with E-state index >= 15 is 0 Å². The molecule has 1 rings (SSSR count). The molecule has 0 aromatic carbocycles. The van der Waals surface area contributed by atoms with Crippen molar-refractivity contribution in [1.82, 2.24) is 10.2 Å². The third-order valence-electron chi connectivity index (χ3n) is 2.86. The van der Waals surface area contributed by atoms with Crippen LogP contribution in [-0.2, 0) is 4.79 Å². The number of nitrogens with one attached hydrogen (secondary N) is 1. The first kappa shape index (κ1) is 14.3. The van der Waals surface area contributed by atoms with Gasteiger partial charge >= 0.3 is 6.18 Å². The van der Waals surface area contributed by atoms with Crippen LogP contribution >= 0.6 is 0 Å². The first-order chi connectivity index (χ1) is 7.70. The van der Waals surface area contributed by atoms with Gasteiger partial charge in [0.2, 0.25) is 5.91 Å². The van der Waals surface area contributed by atoms with Gasteiger partial charge in [-0.15, -0.1) is 0 Å². The maximum atomic E-state index is 12.2. The molecule has 1 aliphatic heterocycles. The number of rotatable bonds is 4. The Morgan fingerprint density at radius 2 is 2.00 bits per heavy atom. The van der Waals surface area contributed by atoms with Crippen molar-refractivity contribution >= 4 is 5.91 Å². The van der Waals surface area contributed by atoms with E-state index in [-0.39, 0.29) is 18.6 Å². The van der Waals surface area contributed by atoms with E-state index in [1.807, 2.05) is 13.8 Å². The van der Waals surface area contributed by atoms with Gasteiger partial charge in [0.25, 0.3) is 0 Å². The zero-order chi connectivity index (χ0) is 13.2. The summed E-state index contributed by atoms with van der Waals surface area (Å²) in [7, 11) is 0. The molecule has 0 aliphatic carbocycles. The van der Waals surface area contributed by atoms with Crippen LogP contribution in [-0.4, -0.2) is 35.7 Å². The Kier molecular flexibility index (Phi) is 4.41. The lowest BCUT2D eigenvalue weighted by Crippen LogP contribution is -2.39. The molecule has 0 aromatic rings. The van der Waals surface area contributed by atoms with Gasteiger partial charge in [0.1, 0.15) is 0 Å². The molecule has 0 bridgehead atoms. The van der Waals surface area contributed by atoms with Crippen LogP contribution in [0.2, 0.25) is 0 Å². The summed E-state index contributed by atoms with van der Waals surface area (Å²) in [5.74, 6) is 0.129. The van der Waals surface area contributed by atoms with E-state index in [0.29, 0.717) is 12.3 Å². The van der Waals surface area contributed by atoms with Gasteiger partial charge in [-0.3, -0.25) is 10.1 Å². The van der Waals surface area contributed by atoms with Gasteiger partial charge < -0.3 is 4.90 Å². The smallest absolute Gasteiger partial charge is 0.326 e. The average molecular weight is 252 g/mol. The molecule has 6 heteroatoms. The Morgan fingerprint density at radius 3 is 2.47 bits per heavy atom. The second kappa shape index (κ2) is 5.25. The summed E-state index contributed by atoms with van der Waals surface area (Å²) in [5, 5.41) is 2.96. The summed E-state index contributed by atoms with van der Waals surface area (Å²) in [4.78, 5) is 13.1. The Bertz CT molecular complexity index is 278. The van der Waals surface area contributed by atoms with E-state index in [1.54, 1.807) is 0 Å². The minimum atomic E-state index is -4.23. The molecular formula is C11H19F3N2O. The molecule has 17 heavy (non-hydrogen) atoms. The van der Waals surface area contributed by atoms with Crippen molar-refractivity contribution in [3.8, 4) is 0 Å². The number of carbonyl (C=O) groups is 1. The van der Waals surface area contributed by atoms with Crippen LogP contribution < -0.4 is 5.32 Å². The van der Waals surface area contributed by atoms with Crippen molar-refractivity contribution < 1.29 is 18.0 Å². The molecule has 0 radical (unpaired) electrons. The molecule has 2 unspecified atom stereocenters. The zero-order valence-corrected chi connectivity index (χ0v) is 10.3. The molecule has 0 spiro atoms. The SMILES string of the molecule is CC(C)CC1NCN(C(C)CC(F)(F)F)C1=O. The number of amides is 1. The number of hydrogen-bond acceptors (Lipinski definition) is 2. The van der Waals surface area contributed by atoms with Crippen LogP contribution in [0.1, 0.15) is 33.6 Å². The van der Waals surface area contributed by atoms with Gasteiger partial charge in [-0.05, 0) is 19.3 Å². The number of halogens is 3. The van der Waals surface area contributed by atoms with Gasteiger partial charge in [0.15, 0.2) is 0 Å². The van der Waals surface area contributed by atoms with Gasteiger partial charge in [-0.2, -0.15) is 13.2 Å². The summed E-state index contributed by atoms with van der Waals surface area (Å²) < 4.78 is 36.7. The topological polar surface area (TPSA) is 32.3 Å². The first-order valence-electron chi connectivity index (χ1n) is 5.81. The molecule has 0 saturated carbocycles. The third-order valence-corrected chi connectivity index (χ3v) is 2.86. The fourth-order valence-electron chi connectivity index (χ4n) is 2.05. The van der Waals surface area contributed by atoms with Gasteiger partial charge in [-0.25, -0.2) is 0 Å². The van der Waals surface area contributed by atoms with Crippen LogP contribution in [0.5, 0.6) is 0 Å². The van der Waals surface area contributed by atoms with E-state index in [2.05, 4.69) is 5.32 Å². The minimum Gasteiger partial charge on any atom is -0.326 e. The normalized spacial score (nSPS) is 23.6. The molecule has 1 aliphatic rings. The molecule has 1 heterocycles. The van der Waals surface area contributed by atoms with Crippen molar-refractivity contribution in [3.63, 3.8) is 0 Å². The zero-order valence-electron chi connectivity index (χ0n) is 10.3. The fourth-order valence-corrected chi connectivity index (χ4v) is 2.05. The van der Waals surface area contributed by atoms with Crippen LogP contribution in [0, 0.1) is 5.92 Å². The van der Waals surface area contributed by atoms with Crippen LogP contribution in [0.15, 0.2) is 0 Å². The van der Waals surface area contributed by atoms with Crippen molar-refractivity contribution in [1.29, 1.82) is 0 Å². The van der Waals surface area contributed by atoms with E-state index in [0.717, 1.165) is 0 Å². The van der Waals surface area contributed by atoms with Gasteiger partial charge in [-0.1, -0.05) is 13.8 Å². The molecule has 2 atom stereocenters. The van der Waals surface area contributed by atoms with Crippen molar-refractivity contribution in [2.24, 2.45) is 5.92 Å². The number of alkyl halides is 3. The van der Waals surface area contributed by atoms with E-state index in [4.69, 9.17) is 0 Å². The van der Waals surface area contributed by atoms with Gasteiger partial charge in [0, 0.05) is 6.04 Å². The predicted octanol–water partition coefficient (Wildman–Crippen LogP) is 2.13. The summed E-state index contributed by atoms with van der Waals surface area (Å²) >= 11 is 0. The molecule has 1 fully saturated rings. The molecule has 1 amide bonds. The summed E-state index contributed by atoms with van der Waals surface area (Å²) in [5.41, 5.74) is 0. The van der Waals surface area contributed by atoms with Crippen LogP contribution in [0.4, 0.5) is 13.2 Å². The Hall–Kier alpha value is -0.780. The van der Waals surface area contributed by atoms with Crippen LogP contribution in [0.25, 0.3) is 0 Å². The van der Waals surface area contributed by atoms with Gasteiger partial charge in [0.05, 0.1) is 19.1 Å². The molecule has 100 valence electrons. The third kappa shape index (κ3) is 4.18. The van der Waals surface area contributed by atoms with Crippen molar-refractivity contribution in [2.75, 3.05) is 6.67 Å². The summed E-state index contributed by atoms with van der Waals surface area (Å²) in [6, 6.07) is -1.13. The minimum absolute atomic E-state index is 0.213. The molecular weight excluding hydrogens is 233 g/mol. The highest BCUT2D eigenvalue weighted by Gasteiger charge is 2.39. The number of nitrogens with zero attached hydrogens (tertiary/aromatic N) is 1. The molecule has 3 nitrogen and oxygen atoms in total. The number of hydrogen-bond donors (Lipinski definition) is 1. The van der Waals surface area contributed by atoms with E-state index < -0.39 is 18.6 Å². The lowest BCUT2D eigenvalue weighted by atomic mass is 10.0. The van der Waals surface area contributed by atoms with Crippen molar-refractivity contribution in [3.05, 3.63) is 0 Å². The largest absolute Gasteiger partial charge is 0.391 e. The predicted molar refractivity (Wildman–Crippen MR) is 58.2 cm³/mol. The first-order valence-corrected chi connectivity index (χ1v) is 5.81. The lowest BCUT2D eigenvalue weighted by molar-refractivity contribution is -0.151. The molecule has 0 aromatic heterocycles. The maximum Gasteiger partial charge on any atom is 0.391 e. The second-order valence-corrected chi connectivity index (χ2v) is 5.02. The monoisotopic (exact) mass is 252 g/mol. The molecule has 1 N–H and O–H groups in total. The quantitative estimate of drug-likeness (QED) is 0.831. The molecule has 1 saturated heterocycles. The Balaban J connectivity index is 2.54. The Morgan fingerprint density at radius 1 is 1.41 bits per heavy atom. The second-order valence-electron chi connectivity index (χ2n) is 5.02. The van der Waals surface area contributed by atoms with Crippen LogP contribution in [0.3, 0.4) is 0 Å². The maximum absolute atomic E-state index is 12.2. The van der Waals surface area contributed by atoms with E-state index in [1.165, 1.54) is 11.8 Å².